The van der Waals surface area contributed by atoms with Gasteiger partial charge in [0.05, 0.1) is 78.7 Å². The molecule has 1 aromatic heterocycles. The largest absolute Gasteiger partial charge is 0.378 e. The minimum Gasteiger partial charge on any atom is -0.378 e. The van der Waals surface area contributed by atoms with Crippen LogP contribution in [0.5, 0.6) is 0 Å². The quantitative estimate of drug-likeness (QED) is 0.192. The smallest absolute Gasteiger partial charge is 0.335 e. The van der Waals surface area contributed by atoms with Gasteiger partial charge in [0.2, 0.25) is 0 Å². The van der Waals surface area contributed by atoms with Crippen molar-refractivity contribution >= 4 is 17.8 Å². The van der Waals surface area contributed by atoms with Gasteiger partial charge in [0.25, 0.3) is 11.8 Å². The highest BCUT2D eigenvalue weighted by Gasteiger charge is 2.32. The normalized spacial score (nSPS) is 14.1. The van der Waals surface area contributed by atoms with Gasteiger partial charge < -0.3 is 28.5 Å². The molecule has 2 amide bonds. The van der Waals surface area contributed by atoms with Crippen LogP contribution < -0.4 is 0 Å². The fourth-order valence-corrected chi connectivity index (χ4v) is 2.99. The van der Waals surface area contributed by atoms with Crippen LogP contribution in [0.2, 0.25) is 0 Å². The van der Waals surface area contributed by atoms with E-state index in [1.807, 2.05) is 10.9 Å². The van der Waals surface area contributed by atoms with Crippen molar-refractivity contribution in [3.63, 3.8) is 0 Å². The molecule has 1 aliphatic heterocycles. The van der Waals surface area contributed by atoms with Gasteiger partial charge >= 0.3 is 5.97 Å². The van der Waals surface area contributed by atoms with Gasteiger partial charge in [-0.1, -0.05) is 26.0 Å². The van der Waals surface area contributed by atoms with Gasteiger partial charge in [0.1, 0.15) is 5.69 Å². The number of aromatic nitrogens is 3. The van der Waals surface area contributed by atoms with Crippen LogP contribution in [0.15, 0.2) is 6.20 Å². The molecule has 0 radical (unpaired) electrons. The van der Waals surface area contributed by atoms with Crippen LogP contribution in [0.3, 0.4) is 0 Å². The highest BCUT2D eigenvalue weighted by Crippen LogP contribution is 2.15. The van der Waals surface area contributed by atoms with Crippen LogP contribution in [0.4, 0.5) is 0 Å². The standard InChI is InChI=1S/C23H38N4O9/c1-23(2,3)18-26-16-19(24-25-26)17-35-15-14-34-13-12-33-11-10-32-9-8-31-7-6-22(30)36-27-20(28)4-5-21(27)29/h16H,4-15,17-18H2,1-3H3. The first-order valence-electron chi connectivity index (χ1n) is 12.1. The Morgan fingerprint density at radius 1 is 0.833 bits per heavy atom. The van der Waals surface area contributed by atoms with Crippen molar-refractivity contribution < 1.29 is 42.9 Å². The molecule has 0 N–H and O–H groups in total. The number of amides is 2. The maximum absolute atomic E-state index is 11.6. The summed E-state index contributed by atoms with van der Waals surface area (Å²) in [7, 11) is 0. The highest BCUT2D eigenvalue weighted by molar-refractivity contribution is 6.01. The van der Waals surface area contributed by atoms with E-state index in [2.05, 4.69) is 31.1 Å². The molecule has 1 saturated heterocycles. The first-order chi connectivity index (χ1) is 17.2. The van der Waals surface area contributed by atoms with Gasteiger partial charge in [-0.15, -0.1) is 10.2 Å². The second-order valence-corrected chi connectivity index (χ2v) is 9.27. The Morgan fingerprint density at radius 2 is 1.33 bits per heavy atom. The van der Waals surface area contributed by atoms with E-state index < -0.39 is 17.8 Å². The lowest BCUT2D eigenvalue weighted by Gasteiger charge is -2.16. The number of hydrogen-bond donors (Lipinski definition) is 0. The van der Waals surface area contributed by atoms with E-state index in [9.17, 15) is 14.4 Å². The number of rotatable bonds is 19. The van der Waals surface area contributed by atoms with Gasteiger partial charge in [-0.25, -0.2) is 4.79 Å². The summed E-state index contributed by atoms with van der Waals surface area (Å²) in [6.45, 7) is 11.0. The molecule has 204 valence electrons. The molecule has 0 unspecified atom stereocenters. The molecule has 0 saturated carbocycles. The van der Waals surface area contributed by atoms with Crippen LogP contribution >= 0.6 is 0 Å². The molecule has 36 heavy (non-hydrogen) atoms. The van der Waals surface area contributed by atoms with Crippen molar-refractivity contribution in [3.8, 4) is 0 Å². The van der Waals surface area contributed by atoms with Crippen molar-refractivity contribution in [1.82, 2.24) is 20.1 Å². The van der Waals surface area contributed by atoms with E-state index in [4.69, 9.17) is 28.5 Å². The molecule has 13 nitrogen and oxygen atoms in total. The molecule has 1 aliphatic rings. The predicted molar refractivity (Wildman–Crippen MR) is 124 cm³/mol. The molecule has 13 heteroatoms. The Morgan fingerprint density at radius 3 is 1.86 bits per heavy atom. The number of imide groups is 1. The SMILES string of the molecule is CC(C)(C)Cn1cc(COCCOCCOCCOCCOCCC(=O)ON2C(=O)CCC2=O)nn1. The van der Waals surface area contributed by atoms with Crippen molar-refractivity contribution in [1.29, 1.82) is 0 Å². The average Bonchev–Trinajstić information content (AvgIpc) is 3.38. The third-order valence-electron chi connectivity index (χ3n) is 4.61. The van der Waals surface area contributed by atoms with Crippen LogP contribution in [0.1, 0.15) is 45.7 Å². The van der Waals surface area contributed by atoms with Gasteiger partial charge in [-0.05, 0) is 5.41 Å². The summed E-state index contributed by atoms with van der Waals surface area (Å²) in [6, 6.07) is 0. The number of hydroxylamine groups is 2. The summed E-state index contributed by atoms with van der Waals surface area (Å²) in [6.07, 6.45) is 1.96. The van der Waals surface area contributed by atoms with Gasteiger partial charge in [0, 0.05) is 19.4 Å². The molecule has 0 bridgehead atoms. The van der Waals surface area contributed by atoms with Crippen LogP contribution in [-0.2, 0) is 56.1 Å². The van der Waals surface area contributed by atoms with Crippen molar-refractivity contribution in [3.05, 3.63) is 11.9 Å². The van der Waals surface area contributed by atoms with Gasteiger partial charge in [0.15, 0.2) is 0 Å². The van der Waals surface area contributed by atoms with E-state index in [1.165, 1.54) is 0 Å². The zero-order valence-corrected chi connectivity index (χ0v) is 21.4. The molecule has 0 aliphatic carbocycles. The zero-order chi connectivity index (χ0) is 26.2. The summed E-state index contributed by atoms with van der Waals surface area (Å²) >= 11 is 0. The number of hydrogen-bond acceptors (Lipinski definition) is 11. The predicted octanol–water partition coefficient (Wildman–Crippen LogP) is 0.905. The zero-order valence-electron chi connectivity index (χ0n) is 21.4. The number of carbonyl (C=O) groups is 3. The lowest BCUT2D eigenvalue weighted by atomic mass is 9.97. The van der Waals surface area contributed by atoms with Crippen molar-refractivity contribution in [2.24, 2.45) is 5.41 Å². The van der Waals surface area contributed by atoms with Crippen LogP contribution in [-0.4, -0.2) is 97.3 Å². The lowest BCUT2D eigenvalue weighted by Crippen LogP contribution is -2.32. The molecular weight excluding hydrogens is 476 g/mol. The summed E-state index contributed by atoms with van der Waals surface area (Å²) in [5.74, 6) is -1.70. The lowest BCUT2D eigenvalue weighted by molar-refractivity contribution is -0.198. The molecular formula is C23H38N4O9. The second-order valence-electron chi connectivity index (χ2n) is 9.27. The molecule has 1 aromatic rings. The van der Waals surface area contributed by atoms with E-state index >= 15 is 0 Å². The van der Waals surface area contributed by atoms with Crippen LogP contribution in [0.25, 0.3) is 0 Å². The summed E-state index contributed by atoms with van der Waals surface area (Å²) < 4.78 is 28.9. The maximum atomic E-state index is 11.6. The highest BCUT2D eigenvalue weighted by atomic mass is 16.7. The molecule has 1 fully saturated rings. The van der Waals surface area contributed by atoms with E-state index in [0.717, 1.165) is 12.2 Å². The average molecular weight is 515 g/mol. The van der Waals surface area contributed by atoms with E-state index in [-0.39, 0.29) is 31.3 Å². The molecule has 2 rings (SSSR count). The molecule has 0 spiro atoms. The Bertz CT molecular complexity index is 794. The van der Waals surface area contributed by atoms with Gasteiger partial charge in [-0.2, -0.15) is 0 Å². The Kier molecular flexibility index (Phi) is 13.5. The Labute approximate surface area is 211 Å². The first kappa shape index (κ1) is 29.8. The van der Waals surface area contributed by atoms with Crippen molar-refractivity contribution in [2.45, 2.75) is 53.2 Å². The third kappa shape index (κ3) is 13.0. The summed E-state index contributed by atoms with van der Waals surface area (Å²) in [5, 5.41) is 8.72. The number of nitrogens with zero attached hydrogens (tertiary/aromatic N) is 4. The summed E-state index contributed by atoms with van der Waals surface area (Å²) in [5.41, 5.74) is 0.937. The molecule has 0 atom stereocenters. The van der Waals surface area contributed by atoms with Crippen molar-refractivity contribution in [2.75, 3.05) is 59.5 Å². The third-order valence-corrected chi connectivity index (χ3v) is 4.61. The Balaban J connectivity index is 1.30. The van der Waals surface area contributed by atoms with Gasteiger partial charge in [-0.3, -0.25) is 14.3 Å². The number of carbonyl (C=O) groups excluding carboxylic acids is 3. The summed E-state index contributed by atoms with van der Waals surface area (Å²) in [4.78, 5) is 39.1. The second kappa shape index (κ2) is 16.3. The minimum atomic E-state index is -0.692. The number of ether oxygens (including phenoxy) is 5. The minimum absolute atomic E-state index is 0.0652. The molecule has 2 heterocycles. The van der Waals surface area contributed by atoms with Crippen LogP contribution in [0, 0.1) is 5.41 Å². The van der Waals surface area contributed by atoms with E-state index in [0.29, 0.717) is 64.5 Å². The fraction of sp³-hybridized carbons (Fsp3) is 0.783. The topological polar surface area (TPSA) is 141 Å². The first-order valence-corrected chi connectivity index (χ1v) is 12.1. The monoisotopic (exact) mass is 514 g/mol. The Hall–Kier alpha value is -2.45. The molecule has 0 aromatic carbocycles. The maximum Gasteiger partial charge on any atom is 0.335 e. The fourth-order valence-electron chi connectivity index (χ4n) is 2.99. The van der Waals surface area contributed by atoms with E-state index in [1.54, 1.807) is 0 Å².